The molecular weight excluding hydrogens is 320 g/mol. The van der Waals surface area contributed by atoms with Crippen LogP contribution in [0.2, 0.25) is 0 Å². The molecule has 0 radical (unpaired) electrons. The van der Waals surface area contributed by atoms with Gasteiger partial charge in [0.25, 0.3) is 0 Å². The van der Waals surface area contributed by atoms with Crippen molar-refractivity contribution in [1.29, 1.82) is 0 Å². The number of carbonyl (C=O) groups is 1. The first-order chi connectivity index (χ1) is 8.69. The molecule has 0 atom stereocenters. The van der Waals surface area contributed by atoms with E-state index < -0.39 is 27.5 Å². The molecule has 0 aromatic carbocycles. The fourth-order valence-corrected chi connectivity index (χ4v) is 1.99. The Kier molecular flexibility index (Phi) is 4.43. The first kappa shape index (κ1) is 15.3. The number of halogens is 1. The summed E-state index contributed by atoms with van der Waals surface area (Å²) in [4.78, 5) is 33.4. The number of hydrogen-bond donors (Lipinski definition) is 2. The summed E-state index contributed by atoms with van der Waals surface area (Å²) >= 11 is 3.09. The van der Waals surface area contributed by atoms with E-state index in [4.69, 9.17) is 5.84 Å². The van der Waals surface area contributed by atoms with Crippen molar-refractivity contribution in [3.8, 4) is 0 Å². The average Bonchev–Trinajstić information content (AvgIpc) is 2.31. The van der Waals surface area contributed by atoms with E-state index in [1.165, 1.54) is 6.20 Å². The molecule has 0 aliphatic rings. The van der Waals surface area contributed by atoms with E-state index >= 15 is 0 Å². The van der Waals surface area contributed by atoms with E-state index in [2.05, 4.69) is 15.9 Å². The number of carbonyl (C=O) groups excluding carboxylic acids is 1. The first-order valence-corrected chi connectivity index (χ1v) is 6.04. The predicted octanol–water partition coefficient (Wildman–Crippen LogP) is 0.535. The first-order valence-electron chi connectivity index (χ1n) is 5.24. The minimum atomic E-state index is -0.979. The van der Waals surface area contributed by atoms with E-state index in [0.29, 0.717) is 4.47 Å². The lowest BCUT2D eigenvalue weighted by atomic mass is 9.92. The van der Waals surface area contributed by atoms with Gasteiger partial charge >= 0.3 is 11.2 Å². The molecule has 0 unspecified atom stereocenters. The lowest BCUT2D eigenvalue weighted by Gasteiger charge is -2.23. The third kappa shape index (κ3) is 3.38. The molecular formula is C10H13BrN4O4. The second-order valence-electron chi connectivity index (χ2n) is 4.59. The zero-order valence-corrected chi connectivity index (χ0v) is 11.9. The smallest absolute Gasteiger partial charge is 0.307 e. The Morgan fingerprint density at radius 3 is 2.68 bits per heavy atom. The third-order valence-electron chi connectivity index (χ3n) is 2.54. The summed E-state index contributed by atoms with van der Waals surface area (Å²) < 4.78 is 1.49. The zero-order valence-electron chi connectivity index (χ0n) is 10.3. The summed E-state index contributed by atoms with van der Waals surface area (Å²) in [6, 6.07) is 1.12. The van der Waals surface area contributed by atoms with Gasteiger partial charge in [-0.3, -0.25) is 25.1 Å². The molecule has 19 heavy (non-hydrogen) atoms. The number of rotatable bonds is 4. The summed E-state index contributed by atoms with van der Waals surface area (Å²) in [6.07, 6.45) is 1.39. The van der Waals surface area contributed by atoms with Gasteiger partial charge in [0.15, 0.2) is 0 Å². The predicted molar refractivity (Wildman–Crippen MR) is 71.2 cm³/mol. The topological polar surface area (TPSA) is 120 Å². The van der Waals surface area contributed by atoms with Crippen molar-refractivity contribution in [2.75, 3.05) is 0 Å². The molecule has 0 spiro atoms. The van der Waals surface area contributed by atoms with E-state index in [1.54, 1.807) is 13.8 Å². The highest BCUT2D eigenvalue weighted by molar-refractivity contribution is 9.10. The van der Waals surface area contributed by atoms with Gasteiger partial charge in [-0.1, -0.05) is 0 Å². The van der Waals surface area contributed by atoms with Crippen molar-refractivity contribution in [3.05, 3.63) is 37.2 Å². The number of nitro groups is 1. The summed E-state index contributed by atoms with van der Waals surface area (Å²) in [5, 5.41) is 10.8. The van der Waals surface area contributed by atoms with Crippen molar-refractivity contribution in [2.45, 2.75) is 20.4 Å². The molecule has 9 heteroatoms. The van der Waals surface area contributed by atoms with Gasteiger partial charge in [-0.15, -0.1) is 0 Å². The molecule has 0 saturated carbocycles. The Morgan fingerprint density at radius 2 is 2.21 bits per heavy atom. The SMILES string of the molecule is CC(C)(Cn1cc(Br)cc([N+](=O)[O-])c1=O)C(=O)NN. The van der Waals surface area contributed by atoms with Gasteiger partial charge in [0.2, 0.25) is 5.91 Å². The number of hydrazine groups is 1. The van der Waals surface area contributed by atoms with Crippen LogP contribution in [0.4, 0.5) is 5.69 Å². The van der Waals surface area contributed by atoms with Crippen molar-refractivity contribution >= 4 is 27.5 Å². The molecule has 1 heterocycles. The zero-order chi connectivity index (χ0) is 14.8. The fourth-order valence-electron chi connectivity index (χ4n) is 1.53. The summed E-state index contributed by atoms with van der Waals surface area (Å²) in [7, 11) is 0. The van der Waals surface area contributed by atoms with Gasteiger partial charge in [-0.25, -0.2) is 5.84 Å². The van der Waals surface area contributed by atoms with Gasteiger partial charge < -0.3 is 4.57 Å². The second kappa shape index (κ2) is 5.49. The highest BCUT2D eigenvalue weighted by Gasteiger charge is 2.29. The molecule has 0 aliphatic heterocycles. The molecule has 0 aliphatic carbocycles. The van der Waals surface area contributed by atoms with Crippen LogP contribution >= 0.6 is 15.9 Å². The molecule has 1 aromatic heterocycles. The molecule has 1 aromatic rings. The van der Waals surface area contributed by atoms with Gasteiger partial charge in [-0.2, -0.15) is 0 Å². The van der Waals surface area contributed by atoms with Crippen LogP contribution in [0.25, 0.3) is 0 Å². The van der Waals surface area contributed by atoms with E-state index in [-0.39, 0.29) is 6.54 Å². The maximum Gasteiger partial charge on any atom is 0.335 e. The molecule has 1 rings (SSSR count). The number of hydrogen-bond acceptors (Lipinski definition) is 5. The average molecular weight is 333 g/mol. The number of amides is 1. The van der Waals surface area contributed by atoms with Gasteiger partial charge in [0.05, 0.1) is 10.3 Å². The molecule has 8 nitrogen and oxygen atoms in total. The minimum Gasteiger partial charge on any atom is -0.307 e. The van der Waals surface area contributed by atoms with Crippen molar-refractivity contribution in [1.82, 2.24) is 9.99 Å². The maximum absolute atomic E-state index is 11.9. The number of nitrogens with zero attached hydrogens (tertiary/aromatic N) is 2. The molecule has 104 valence electrons. The van der Waals surface area contributed by atoms with Gasteiger partial charge in [0, 0.05) is 23.3 Å². The molecule has 0 bridgehead atoms. The number of nitrogens with two attached hydrogens (primary N) is 1. The van der Waals surface area contributed by atoms with Crippen molar-refractivity contribution in [3.63, 3.8) is 0 Å². The van der Waals surface area contributed by atoms with Gasteiger partial charge in [-0.05, 0) is 29.8 Å². The highest BCUT2D eigenvalue weighted by atomic mass is 79.9. The van der Waals surface area contributed by atoms with E-state index in [0.717, 1.165) is 10.6 Å². The monoisotopic (exact) mass is 332 g/mol. The van der Waals surface area contributed by atoms with Crippen LogP contribution in [-0.4, -0.2) is 15.4 Å². The standard InChI is InChI=1S/C10H13BrN4O4/c1-10(2,9(17)13-12)5-14-4-6(11)3-7(8(14)16)15(18)19/h3-4H,5,12H2,1-2H3,(H,13,17). The Bertz CT molecular complexity index is 581. The van der Waals surface area contributed by atoms with Crippen LogP contribution in [0.3, 0.4) is 0 Å². The maximum atomic E-state index is 11.9. The van der Waals surface area contributed by atoms with Crippen LogP contribution in [0.5, 0.6) is 0 Å². The molecule has 1 amide bonds. The minimum absolute atomic E-state index is 0.0326. The normalized spacial score (nSPS) is 11.2. The molecule has 0 saturated heterocycles. The molecule has 0 fully saturated rings. The fraction of sp³-hybridized carbons (Fsp3) is 0.400. The Hall–Kier alpha value is -1.74. The van der Waals surface area contributed by atoms with Crippen LogP contribution in [0.1, 0.15) is 13.8 Å². The third-order valence-corrected chi connectivity index (χ3v) is 2.98. The molecule has 3 N–H and O–H groups in total. The number of pyridine rings is 1. The largest absolute Gasteiger partial charge is 0.335 e. The lowest BCUT2D eigenvalue weighted by Crippen LogP contribution is -2.44. The summed E-state index contributed by atoms with van der Waals surface area (Å²) in [6.45, 7) is 3.12. The summed E-state index contributed by atoms with van der Waals surface area (Å²) in [5.41, 5.74) is -0.311. The van der Waals surface area contributed by atoms with Crippen LogP contribution in [0, 0.1) is 15.5 Å². The highest BCUT2D eigenvalue weighted by Crippen LogP contribution is 2.20. The van der Waals surface area contributed by atoms with Crippen LogP contribution < -0.4 is 16.8 Å². The lowest BCUT2D eigenvalue weighted by molar-refractivity contribution is -0.386. The van der Waals surface area contributed by atoms with E-state index in [9.17, 15) is 19.7 Å². The second-order valence-corrected chi connectivity index (χ2v) is 5.51. The number of nitrogens with one attached hydrogen (secondary N) is 1. The Balaban J connectivity index is 3.26. The Morgan fingerprint density at radius 1 is 1.63 bits per heavy atom. The van der Waals surface area contributed by atoms with E-state index in [1.807, 2.05) is 5.43 Å². The van der Waals surface area contributed by atoms with Gasteiger partial charge in [0.1, 0.15) is 0 Å². The number of aromatic nitrogens is 1. The van der Waals surface area contributed by atoms with Crippen LogP contribution in [-0.2, 0) is 11.3 Å². The quantitative estimate of drug-likeness (QED) is 0.360. The summed E-state index contributed by atoms with van der Waals surface area (Å²) in [5.74, 6) is 4.58. The van der Waals surface area contributed by atoms with Crippen molar-refractivity contribution < 1.29 is 9.72 Å². The van der Waals surface area contributed by atoms with Crippen molar-refractivity contribution in [2.24, 2.45) is 11.3 Å². The Labute approximate surface area is 116 Å². The van der Waals surface area contributed by atoms with Crippen LogP contribution in [0.15, 0.2) is 21.5 Å².